The molecule has 0 aliphatic rings. The van der Waals surface area contributed by atoms with Crippen LogP contribution in [0.2, 0.25) is 0 Å². The lowest BCUT2D eigenvalue weighted by Gasteiger charge is -2.22. The Kier molecular flexibility index (Phi) is 5.67. The summed E-state index contributed by atoms with van der Waals surface area (Å²) in [5, 5.41) is 12.9. The molecule has 0 amide bonds. The molecule has 0 fully saturated rings. The lowest BCUT2D eigenvalue weighted by molar-refractivity contribution is 0.198. The minimum Gasteiger partial charge on any atom is -0.496 e. The molecule has 108 valence electrons. The number of aryl methyl sites for hydroxylation is 1. The molecular formula is C16H27NO2. The quantitative estimate of drug-likeness (QED) is 0.829. The smallest absolute Gasteiger partial charge is 0.122 e. The predicted molar refractivity (Wildman–Crippen MR) is 81.1 cm³/mol. The van der Waals surface area contributed by atoms with Gasteiger partial charge in [0.2, 0.25) is 0 Å². The first-order chi connectivity index (χ1) is 8.92. The molecule has 0 heterocycles. The molecular weight excluding hydrogens is 238 g/mol. The first kappa shape index (κ1) is 15.8. The summed E-state index contributed by atoms with van der Waals surface area (Å²) in [6.07, 6.45) is 0. The standard InChI is InChI=1S/C16H27NO2/c1-10(2)14(9-18)8-17-16-11(3)7-15(19-6)12(4)13(16)5/h7,10,14,17-18H,8-9H2,1-6H3. The van der Waals surface area contributed by atoms with E-state index < -0.39 is 0 Å². The summed E-state index contributed by atoms with van der Waals surface area (Å²) in [6.45, 7) is 11.6. The molecule has 0 saturated carbocycles. The minimum atomic E-state index is 0.220. The van der Waals surface area contributed by atoms with Crippen molar-refractivity contribution in [2.24, 2.45) is 11.8 Å². The molecule has 1 rings (SSSR count). The molecule has 0 bridgehead atoms. The second kappa shape index (κ2) is 6.80. The van der Waals surface area contributed by atoms with E-state index in [1.54, 1.807) is 7.11 Å². The van der Waals surface area contributed by atoms with E-state index in [1.807, 2.05) is 0 Å². The highest BCUT2D eigenvalue weighted by atomic mass is 16.5. The normalized spacial score (nSPS) is 12.6. The number of aliphatic hydroxyl groups excluding tert-OH is 1. The van der Waals surface area contributed by atoms with Crippen molar-refractivity contribution in [3.05, 3.63) is 22.8 Å². The van der Waals surface area contributed by atoms with Gasteiger partial charge in [-0.05, 0) is 49.4 Å². The second-order valence-electron chi connectivity index (χ2n) is 5.59. The van der Waals surface area contributed by atoms with Crippen molar-refractivity contribution in [3.63, 3.8) is 0 Å². The zero-order valence-electron chi connectivity index (χ0n) is 13.0. The Morgan fingerprint density at radius 2 is 1.84 bits per heavy atom. The fourth-order valence-corrected chi connectivity index (χ4v) is 2.27. The summed E-state index contributed by atoms with van der Waals surface area (Å²) in [7, 11) is 1.70. The highest BCUT2D eigenvalue weighted by molar-refractivity contribution is 5.63. The third-order valence-corrected chi connectivity index (χ3v) is 3.99. The zero-order chi connectivity index (χ0) is 14.6. The number of aliphatic hydroxyl groups is 1. The van der Waals surface area contributed by atoms with Gasteiger partial charge in [0.1, 0.15) is 5.75 Å². The maximum atomic E-state index is 9.39. The van der Waals surface area contributed by atoms with Gasteiger partial charge in [-0.15, -0.1) is 0 Å². The molecule has 3 nitrogen and oxygen atoms in total. The zero-order valence-corrected chi connectivity index (χ0v) is 13.0. The number of anilines is 1. The molecule has 19 heavy (non-hydrogen) atoms. The van der Waals surface area contributed by atoms with Crippen LogP contribution in [0.15, 0.2) is 6.07 Å². The van der Waals surface area contributed by atoms with Gasteiger partial charge in [0, 0.05) is 24.8 Å². The van der Waals surface area contributed by atoms with Gasteiger partial charge in [-0.2, -0.15) is 0 Å². The number of methoxy groups -OCH3 is 1. The first-order valence-corrected chi connectivity index (χ1v) is 6.91. The molecule has 0 aliphatic carbocycles. The Morgan fingerprint density at radius 3 is 2.32 bits per heavy atom. The van der Waals surface area contributed by atoms with Gasteiger partial charge in [0.25, 0.3) is 0 Å². The molecule has 2 N–H and O–H groups in total. The lowest BCUT2D eigenvalue weighted by atomic mass is 9.96. The second-order valence-corrected chi connectivity index (χ2v) is 5.59. The van der Waals surface area contributed by atoms with E-state index in [0.29, 0.717) is 5.92 Å². The molecule has 3 heteroatoms. The van der Waals surface area contributed by atoms with Crippen LogP contribution < -0.4 is 10.1 Å². The number of benzene rings is 1. The minimum absolute atomic E-state index is 0.220. The molecule has 0 aromatic heterocycles. The Labute approximate surface area is 117 Å². The van der Waals surface area contributed by atoms with Crippen LogP contribution >= 0.6 is 0 Å². The van der Waals surface area contributed by atoms with Crippen molar-refractivity contribution in [1.29, 1.82) is 0 Å². The largest absolute Gasteiger partial charge is 0.496 e. The van der Waals surface area contributed by atoms with Gasteiger partial charge >= 0.3 is 0 Å². The van der Waals surface area contributed by atoms with Crippen LogP contribution in [0.1, 0.15) is 30.5 Å². The average molecular weight is 265 g/mol. The van der Waals surface area contributed by atoms with E-state index in [0.717, 1.165) is 18.0 Å². The van der Waals surface area contributed by atoms with Gasteiger partial charge in [-0.25, -0.2) is 0 Å². The number of hydrogen-bond donors (Lipinski definition) is 2. The fourth-order valence-electron chi connectivity index (χ4n) is 2.27. The monoisotopic (exact) mass is 265 g/mol. The van der Waals surface area contributed by atoms with Gasteiger partial charge in [0.15, 0.2) is 0 Å². The molecule has 1 atom stereocenters. The van der Waals surface area contributed by atoms with Crippen molar-refractivity contribution in [3.8, 4) is 5.75 Å². The van der Waals surface area contributed by atoms with Crippen molar-refractivity contribution in [2.75, 3.05) is 25.6 Å². The maximum absolute atomic E-state index is 9.39. The summed E-state index contributed by atoms with van der Waals surface area (Å²) in [5.41, 5.74) is 4.73. The van der Waals surface area contributed by atoms with E-state index >= 15 is 0 Å². The summed E-state index contributed by atoms with van der Waals surface area (Å²) >= 11 is 0. The van der Waals surface area contributed by atoms with Crippen molar-refractivity contribution < 1.29 is 9.84 Å². The van der Waals surface area contributed by atoms with Gasteiger partial charge in [0.05, 0.1) is 7.11 Å². The SMILES string of the molecule is COc1cc(C)c(NCC(CO)C(C)C)c(C)c1C. The number of rotatable bonds is 6. The van der Waals surface area contributed by atoms with Gasteiger partial charge in [-0.3, -0.25) is 0 Å². The van der Waals surface area contributed by atoms with Crippen LogP contribution in [-0.2, 0) is 0 Å². The first-order valence-electron chi connectivity index (χ1n) is 6.91. The molecule has 0 spiro atoms. The van der Waals surface area contributed by atoms with E-state index in [2.05, 4.69) is 46.0 Å². The topological polar surface area (TPSA) is 41.5 Å². The van der Waals surface area contributed by atoms with Gasteiger partial charge < -0.3 is 15.2 Å². The van der Waals surface area contributed by atoms with E-state index in [9.17, 15) is 5.11 Å². The average Bonchev–Trinajstić information content (AvgIpc) is 2.37. The number of hydrogen-bond acceptors (Lipinski definition) is 3. The third-order valence-electron chi connectivity index (χ3n) is 3.99. The number of nitrogens with one attached hydrogen (secondary N) is 1. The summed E-state index contributed by atoms with van der Waals surface area (Å²) < 4.78 is 5.38. The van der Waals surface area contributed by atoms with Crippen LogP contribution in [0.3, 0.4) is 0 Å². The van der Waals surface area contributed by atoms with Crippen LogP contribution in [0.5, 0.6) is 5.75 Å². The van der Waals surface area contributed by atoms with Crippen LogP contribution in [0, 0.1) is 32.6 Å². The molecule has 0 aliphatic heterocycles. The van der Waals surface area contributed by atoms with Gasteiger partial charge in [-0.1, -0.05) is 13.8 Å². The Morgan fingerprint density at radius 1 is 1.21 bits per heavy atom. The fraction of sp³-hybridized carbons (Fsp3) is 0.625. The highest BCUT2D eigenvalue weighted by Gasteiger charge is 2.15. The van der Waals surface area contributed by atoms with E-state index in [-0.39, 0.29) is 12.5 Å². The van der Waals surface area contributed by atoms with Crippen LogP contribution in [-0.4, -0.2) is 25.4 Å². The van der Waals surface area contributed by atoms with E-state index in [1.165, 1.54) is 16.7 Å². The number of ether oxygens (including phenoxy) is 1. The molecule has 1 aromatic rings. The van der Waals surface area contributed by atoms with Crippen LogP contribution in [0.4, 0.5) is 5.69 Å². The maximum Gasteiger partial charge on any atom is 0.122 e. The Bertz CT molecular complexity index is 427. The highest BCUT2D eigenvalue weighted by Crippen LogP contribution is 2.31. The molecule has 1 aromatic carbocycles. The van der Waals surface area contributed by atoms with E-state index in [4.69, 9.17) is 4.74 Å². The Balaban J connectivity index is 2.93. The van der Waals surface area contributed by atoms with Crippen molar-refractivity contribution >= 4 is 5.69 Å². The molecule has 0 radical (unpaired) electrons. The van der Waals surface area contributed by atoms with Crippen molar-refractivity contribution in [1.82, 2.24) is 0 Å². The lowest BCUT2D eigenvalue weighted by Crippen LogP contribution is -2.23. The third kappa shape index (κ3) is 3.63. The predicted octanol–water partition coefficient (Wildman–Crippen LogP) is 3.30. The Hall–Kier alpha value is -1.22. The molecule has 0 saturated heterocycles. The van der Waals surface area contributed by atoms with Crippen molar-refractivity contribution in [2.45, 2.75) is 34.6 Å². The summed E-state index contributed by atoms with van der Waals surface area (Å²) in [4.78, 5) is 0. The summed E-state index contributed by atoms with van der Waals surface area (Å²) in [5.74, 6) is 1.68. The van der Waals surface area contributed by atoms with Crippen LogP contribution in [0.25, 0.3) is 0 Å². The summed E-state index contributed by atoms with van der Waals surface area (Å²) in [6, 6.07) is 2.06. The molecule has 1 unspecified atom stereocenters.